The third kappa shape index (κ3) is 6.39. The van der Waals surface area contributed by atoms with Crippen LogP contribution in [0.1, 0.15) is 17.9 Å². The number of allylic oxidation sites excluding steroid dienone is 1. The van der Waals surface area contributed by atoms with Crippen molar-refractivity contribution in [3.05, 3.63) is 76.9 Å². The highest BCUT2D eigenvalue weighted by molar-refractivity contribution is 5.99. The van der Waals surface area contributed by atoms with Crippen LogP contribution in [0.15, 0.2) is 71.3 Å². The molecule has 0 aromatic heterocycles. The molecular formula is C25H21F3N4O7. The summed E-state index contributed by atoms with van der Waals surface area (Å²) in [5, 5.41) is 9.82. The van der Waals surface area contributed by atoms with Crippen molar-refractivity contribution in [2.45, 2.75) is 18.7 Å². The van der Waals surface area contributed by atoms with Crippen LogP contribution in [0.4, 0.5) is 29.3 Å². The lowest BCUT2D eigenvalue weighted by atomic mass is 9.82. The molecule has 0 radical (unpaired) electrons. The van der Waals surface area contributed by atoms with Crippen molar-refractivity contribution < 1.29 is 46.5 Å². The SMILES string of the molecule is COC(=O)CC1=C(C(=O)OC)C(c2cccc(N(C(N)=O)c3ccc(OC(F)(F)F)cc3)c2)C(C#N)=C(N)O1. The first-order valence-electron chi connectivity index (χ1n) is 10.9. The van der Waals surface area contributed by atoms with E-state index >= 15 is 0 Å². The Kier molecular flexibility index (Phi) is 8.34. The van der Waals surface area contributed by atoms with E-state index in [1.165, 1.54) is 36.4 Å². The number of hydrogen-bond donors (Lipinski definition) is 2. The summed E-state index contributed by atoms with van der Waals surface area (Å²) in [5.41, 5.74) is 11.6. The van der Waals surface area contributed by atoms with Crippen LogP contribution in [0.5, 0.6) is 5.75 Å². The molecule has 2 amide bonds. The first-order chi connectivity index (χ1) is 18.4. The van der Waals surface area contributed by atoms with Gasteiger partial charge in [-0.25, -0.2) is 9.59 Å². The molecule has 2 aromatic rings. The van der Waals surface area contributed by atoms with E-state index in [1.54, 1.807) is 0 Å². The minimum Gasteiger partial charge on any atom is -0.469 e. The number of hydrogen-bond acceptors (Lipinski definition) is 9. The second kappa shape index (κ2) is 11.5. The molecule has 11 nitrogen and oxygen atoms in total. The highest BCUT2D eigenvalue weighted by atomic mass is 19.4. The van der Waals surface area contributed by atoms with Gasteiger partial charge in [-0.2, -0.15) is 5.26 Å². The molecule has 1 heterocycles. The second-order valence-electron chi connectivity index (χ2n) is 7.82. The number of alkyl halides is 3. The average molecular weight is 546 g/mol. The van der Waals surface area contributed by atoms with Gasteiger partial charge < -0.3 is 30.4 Å². The minimum atomic E-state index is -4.91. The van der Waals surface area contributed by atoms with Crippen LogP contribution >= 0.6 is 0 Å². The molecule has 1 unspecified atom stereocenters. The van der Waals surface area contributed by atoms with Crippen LogP contribution in [0.2, 0.25) is 0 Å². The lowest BCUT2D eigenvalue weighted by molar-refractivity contribution is -0.274. The number of nitriles is 1. The standard InChI is InChI=1S/C25H21F3N4O7/c1-36-19(33)11-18-21(23(34)37-2)20(17(12-29)22(30)38-18)13-4-3-5-15(10-13)32(24(31)35)14-6-8-16(9-7-14)39-25(26,27)28/h3-10,20H,11,30H2,1-2H3,(H2,31,35). The van der Waals surface area contributed by atoms with Gasteiger partial charge in [-0.15, -0.1) is 13.2 Å². The number of ether oxygens (including phenoxy) is 4. The number of esters is 2. The van der Waals surface area contributed by atoms with E-state index < -0.39 is 42.4 Å². The Hall–Kier alpha value is -5.19. The molecule has 1 aliphatic heterocycles. The maximum absolute atomic E-state index is 12.8. The number of rotatable bonds is 7. The molecule has 0 saturated heterocycles. The summed E-state index contributed by atoms with van der Waals surface area (Å²) in [6, 6.07) is 11.1. The number of primary amides is 1. The van der Waals surface area contributed by atoms with Gasteiger partial charge in [-0.05, 0) is 42.0 Å². The summed E-state index contributed by atoms with van der Waals surface area (Å²) in [7, 11) is 2.22. The number of urea groups is 1. The van der Waals surface area contributed by atoms with Crippen molar-refractivity contribution in [1.29, 1.82) is 5.26 Å². The van der Waals surface area contributed by atoms with Crippen molar-refractivity contribution in [1.82, 2.24) is 0 Å². The summed E-state index contributed by atoms with van der Waals surface area (Å²) in [4.78, 5) is 38.2. The summed E-state index contributed by atoms with van der Waals surface area (Å²) >= 11 is 0. The average Bonchev–Trinajstić information content (AvgIpc) is 2.88. The number of benzene rings is 2. The molecular weight excluding hydrogens is 525 g/mol. The molecule has 4 N–H and O–H groups in total. The number of nitrogens with zero attached hydrogens (tertiary/aromatic N) is 2. The zero-order valence-corrected chi connectivity index (χ0v) is 20.4. The van der Waals surface area contributed by atoms with Crippen molar-refractivity contribution in [2.24, 2.45) is 11.5 Å². The third-order valence-electron chi connectivity index (χ3n) is 5.45. The maximum Gasteiger partial charge on any atom is 0.573 e. The maximum atomic E-state index is 12.8. The van der Waals surface area contributed by atoms with Crippen molar-refractivity contribution in [3.8, 4) is 11.8 Å². The van der Waals surface area contributed by atoms with Gasteiger partial charge in [0.2, 0.25) is 5.88 Å². The van der Waals surface area contributed by atoms with Crippen molar-refractivity contribution >= 4 is 29.3 Å². The van der Waals surface area contributed by atoms with Crippen LogP contribution in [0.25, 0.3) is 0 Å². The molecule has 3 rings (SSSR count). The Morgan fingerprint density at radius 2 is 1.74 bits per heavy atom. The van der Waals surface area contributed by atoms with Gasteiger partial charge in [0.15, 0.2) is 0 Å². The molecule has 204 valence electrons. The highest BCUT2D eigenvalue weighted by Crippen LogP contribution is 2.42. The fourth-order valence-corrected chi connectivity index (χ4v) is 3.86. The fraction of sp³-hybridized carbons (Fsp3) is 0.200. The predicted octanol–water partition coefficient (Wildman–Crippen LogP) is 3.60. The van der Waals surface area contributed by atoms with Gasteiger partial charge in [-0.1, -0.05) is 12.1 Å². The van der Waals surface area contributed by atoms with Crippen LogP contribution < -0.4 is 21.1 Å². The number of methoxy groups -OCH3 is 2. The van der Waals surface area contributed by atoms with Gasteiger partial charge in [0, 0.05) is 0 Å². The first kappa shape index (κ1) is 28.4. The van der Waals surface area contributed by atoms with Crippen LogP contribution in [0, 0.1) is 11.3 Å². The fourth-order valence-electron chi connectivity index (χ4n) is 3.86. The van der Waals surface area contributed by atoms with Crippen LogP contribution in [-0.4, -0.2) is 38.6 Å². The summed E-state index contributed by atoms with van der Waals surface area (Å²) in [5.74, 6) is -3.95. The van der Waals surface area contributed by atoms with E-state index in [-0.39, 0.29) is 39.7 Å². The van der Waals surface area contributed by atoms with Crippen LogP contribution in [0.3, 0.4) is 0 Å². The van der Waals surface area contributed by atoms with Crippen molar-refractivity contribution in [2.75, 3.05) is 19.1 Å². The summed E-state index contributed by atoms with van der Waals surface area (Å²) in [6.45, 7) is 0. The molecule has 0 bridgehead atoms. The topological polar surface area (TPSA) is 167 Å². The Morgan fingerprint density at radius 3 is 2.28 bits per heavy atom. The van der Waals surface area contributed by atoms with E-state index in [4.69, 9.17) is 20.9 Å². The Labute approximate surface area is 219 Å². The quantitative estimate of drug-likeness (QED) is 0.493. The largest absolute Gasteiger partial charge is 0.573 e. The Balaban J connectivity index is 2.13. The third-order valence-corrected chi connectivity index (χ3v) is 5.45. The number of amides is 2. The monoisotopic (exact) mass is 546 g/mol. The highest BCUT2D eigenvalue weighted by Gasteiger charge is 2.38. The molecule has 0 fully saturated rings. The van der Waals surface area contributed by atoms with Gasteiger partial charge in [0.25, 0.3) is 0 Å². The van der Waals surface area contributed by atoms with E-state index in [0.29, 0.717) is 0 Å². The number of anilines is 2. The van der Waals surface area contributed by atoms with Gasteiger partial charge in [-0.3, -0.25) is 9.69 Å². The van der Waals surface area contributed by atoms with E-state index in [0.717, 1.165) is 31.3 Å². The number of carbonyl (C=O) groups is 3. The molecule has 2 aromatic carbocycles. The Morgan fingerprint density at radius 1 is 1.08 bits per heavy atom. The van der Waals surface area contributed by atoms with Crippen molar-refractivity contribution in [3.63, 3.8) is 0 Å². The smallest absolute Gasteiger partial charge is 0.469 e. The van der Waals surface area contributed by atoms with Gasteiger partial charge >= 0.3 is 24.3 Å². The predicted molar refractivity (Wildman–Crippen MR) is 128 cm³/mol. The van der Waals surface area contributed by atoms with Gasteiger partial charge in [0.05, 0.1) is 37.1 Å². The number of nitrogens with two attached hydrogens (primary N) is 2. The number of halogens is 3. The van der Waals surface area contributed by atoms with E-state index in [9.17, 15) is 32.8 Å². The molecule has 0 saturated carbocycles. The van der Waals surface area contributed by atoms with E-state index in [1.807, 2.05) is 6.07 Å². The lowest BCUT2D eigenvalue weighted by Crippen LogP contribution is -2.31. The molecule has 0 spiro atoms. The molecule has 14 heteroatoms. The lowest BCUT2D eigenvalue weighted by Gasteiger charge is -2.28. The molecule has 1 aliphatic rings. The normalized spacial score (nSPS) is 15.1. The van der Waals surface area contributed by atoms with Gasteiger partial charge in [0.1, 0.15) is 29.6 Å². The van der Waals surface area contributed by atoms with E-state index in [2.05, 4.69) is 9.47 Å². The zero-order chi connectivity index (χ0) is 28.9. The molecule has 39 heavy (non-hydrogen) atoms. The second-order valence-corrected chi connectivity index (χ2v) is 7.82. The number of carbonyl (C=O) groups excluding carboxylic acids is 3. The molecule has 1 atom stereocenters. The summed E-state index contributed by atoms with van der Waals surface area (Å²) in [6.07, 6.45) is -5.41. The minimum absolute atomic E-state index is 0.0897. The summed E-state index contributed by atoms with van der Waals surface area (Å²) < 4.78 is 56.3. The van der Waals surface area contributed by atoms with Crippen LogP contribution in [-0.2, 0) is 23.8 Å². The Bertz CT molecular complexity index is 1400. The first-order valence-corrected chi connectivity index (χ1v) is 10.9. The zero-order valence-electron chi connectivity index (χ0n) is 20.4. The molecule has 0 aliphatic carbocycles.